The van der Waals surface area contributed by atoms with Gasteiger partial charge in [-0.15, -0.1) is 0 Å². The van der Waals surface area contributed by atoms with E-state index >= 15 is 0 Å². The molecule has 0 radical (unpaired) electrons. The highest BCUT2D eigenvalue weighted by molar-refractivity contribution is 5.76. The van der Waals surface area contributed by atoms with Crippen LogP contribution in [-0.4, -0.2) is 59.3 Å². The fourth-order valence-corrected chi connectivity index (χ4v) is 2.91. The molecule has 0 saturated carbocycles. The molecular formula is C20H37NO6. The maximum absolute atomic E-state index is 11.7. The molecule has 0 aliphatic heterocycles. The van der Waals surface area contributed by atoms with Crippen LogP contribution >= 0.6 is 0 Å². The molecule has 7 nitrogen and oxygen atoms in total. The van der Waals surface area contributed by atoms with Crippen LogP contribution in [0.1, 0.15) is 84.0 Å². The number of hydrogen-bond acceptors (Lipinski definition) is 5. The number of rotatable bonds is 19. The number of aliphatic carboxylic acids is 2. The Bertz CT molecular complexity index is 397. The number of carboxylic acid groups (broad SMARTS) is 2. The summed E-state index contributed by atoms with van der Waals surface area (Å²) in [5.41, 5.74) is 0. The highest BCUT2D eigenvalue weighted by Crippen LogP contribution is 2.11. The van der Waals surface area contributed by atoms with Gasteiger partial charge in [0.2, 0.25) is 0 Å². The first-order valence-electron chi connectivity index (χ1n) is 10.3. The number of unbranched alkanes of at least 4 members (excludes halogenated alkanes) is 11. The summed E-state index contributed by atoms with van der Waals surface area (Å²) >= 11 is 0. The molecule has 0 saturated heterocycles. The number of carbonyl (C=O) groups is 3. The Morgan fingerprint density at radius 2 is 1.07 bits per heavy atom. The molecule has 7 heteroatoms. The van der Waals surface area contributed by atoms with Crippen molar-refractivity contribution in [2.75, 3.05) is 26.2 Å². The zero-order chi connectivity index (χ0) is 20.3. The summed E-state index contributed by atoms with van der Waals surface area (Å²) in [5.74, 6) is -2.93. The molecule has 0 fully saturated rings. The van der Waals surface area contributed by atoms with Gasteiger partial charge in [0.05, 0.1) is 26.2 Å². The van der Waals surface area contributed by atoms with Crippen LogP contribution in [-0.2, 0) is 19.1 Å². The first-order chi connectivity index (χ1) is 13.0. The van der Waals surface area contributed by atoms with Gasteiger partial charge in [-0.25, -0.2) is 0 Å². The molecule has 27 heavy (non-hydrogen) atoms. The topological polar surface area (TPSA) is 104 Å². The molecule has 0 aliphatic rings. The second-order valence-electron chi connectivity index (χ2n) is 7.04. The van der Waals surface area contributed by atoms with Gasteiger partial charge in [0, 0.05) is 0 Å². The lowest BCUT2D eigenvalue weighted by molar-refractivity contribution is -0.148. The van der Waals surface area contributed by atoms with E-state index in [0.29, 0.717) is 6.61 Å². The van der Waals surface area contributed by atoms with Gasteiger partial charge < -0.3 is 14.9 Å². The van der Waals surface area contributed by atoms with Crippen molar-refractivity contribution in [2.24, 2.45) is 0 Å². The normalized spacial score (nSPS) is 10.9. The van der Waals surface area contributed by atoms with E-state index in [4.69, 9.17) is 14.9 Å². The first kappa shape index (κ1) is 25.4. The maximum Gasteiger partial charge on any atom is 0.320 e. The monoisotopic (exact) mass is 387 g/mol. The van der Waals surface area contributed by atoms with Crippen LogP contribution in [0.15, 0.2) is 0 Å². The van der Waals surface area contributed by atoms with Gasteiger partial charge in [-0.1, -0.05) is 77.6 Å². The standard InChI is InChI=1S/C20H37NO6/c1-2-3-4-5-6-7-8-9-10-11-12-13-14-27-20(26)17-21(15-18(22)23)16-19(24)25/h2-17H2,1H3,(H,22,23)(H,24,25). The van der Waals surface area contributed by atoms with Crippen LogP contribution in [0.25, 0.3) is 0 Å². The van der Waals surface area contributed by atoms with Crippen molar-refractivity contribution in [1.29, 1.82) is 0 Å². The molecule has 0 spiro atoms. The minimum absolute atomic E-state index is 0.296. The van der Waals surface area contributed by atoms with Crippen molar-refractivity contribution in [1.82, 2.24) is 4.90 Å². The van der Waals surface area contributed by atoms with Gasteiger partial charge in [-0.05, 0) is 6.42 Å². The Balaban J connectivity index is 3.53. The second kappa shape index (κ2) is 17.8. The number of nitrogens with zero attached hydrogens (tertiary/aromatic N) is 1. The lowest BCUT2D eigenvalue weighted by Crippen LogP contribution is -2.38. The number of hydrogen-bond donors (Lipinski definition) is 2. The number of carbonyl (C=O) groups excluding carboxylic acids is 1. The predicted molar refractivity (Wildman–Crippen MR) is 104 cm³/mol. The lowest BCUT2D eigenvalue weighted by atomic mass is 10.1. The summed E-state index contributed by atoms with van der Waals surface area (Å²) in [6, 6.07) is 0. The highest BCUT2D eigenvalue weighted by Gasteiger charge is 2.17. The van der Waals surface area contributed by atoms with E-state index in [-0.39, 0.29) is 6.54 Å². The Morgan fingerprint density at radius 3 is 1.48 bits per heavy atom. The first-order valence-corrected chi connectivity index (χ1v) is 10.3. The molecule has 0 aliphatic carbocycles. The molecule has 0 unspecified atom stereocenters. The summed E-state index contributed by atoms with van der Waals surface area (Å²) in [6.07, 6.45) is 14.7. The van der Waals surface area contributed by atoms with E-state index < -0.39 is 31.0 Å². The third-order valence-electron chi connectivity index (χ3n) is 4.33. The molecule has 2 N–H and O–H groups in total. The van der Waals surface area contributed by atoms with Gasteiger partial charge in [0.15, 0.2) is 0 Å². The molecule has 0 heterocycles. The molecule has 0 amide bonds. The van der Waals surface area contributed by atoms with Crippen LogP contribution in [0.5, 0.6) is 0 Å². The van der Waals surface area contributed by atoms with Gasteiger partial charge in [-0.3, -0.25) is 19.3 Å². The summed E-state index contributed by atoms with van der Waals surface area (Å²) < 4.78 is 5.06. The summed E-state index contributed by atoms with van der Waals surface area (Å²) in [5, 5.41) is 17.4. The molecule has 0 aromatic carbocycles. The fraction of sp³-hybridized carbons (Fsp3) is 0.850. The summed E-state index contributed by atoms with van der Waals surface area (Å²) in [4.78, 5) is 34.0. The Kier molecular flexibility index (Phi) is 16.7. The Morgan fingerprint density at radius 1 is 0.667 bits per heavy atom. The average molecular weight is 388 g/mol. The molecule has 0 aromatic heterocycles. The van der Waals surface area contributed by atoms with Crippen molar-refractivity contribution in [3.63, 3.8) is 0 Å². The highest BCUT2D eigenvalue weighted by atomic mass is 16.5. The van der Waals surface area contributed by atoms with Crippen LogP contribution in [0, 0.1) is 0 Å². The van der Waals surface area contributed by atoms with E-state index in [2.05, 4.69) is 6.92 Å². The van der Waals surface area contributed by atoms with Crippen molar-refractivity contribution in [3.8, 4) is 0 Å². The van der Waals surface area contributed by atoms with Gasteiger partial charge in [0.25, 0.3) is 0 Å². The molecule has 0 bridgehead atoms. The third kappa shape index (κ3) is 18.9. The quantitative estimate of drug-likeness (QED) is 0.257. The number of carboxylic acids is 2. The summed E-state index contributed by atoms with van der Waals surface area (Å²) in [6.45, 7) is 1.20. The lowest BCUT2D eigenvalue weighted by Gasteiger charge is -2.16. The summed E-state index contributed by atoms with van der Waals surface area (Å²) in [7, 11) is 0. The molecule has 0 aromatic rings. The van der Waals surface area contributed by atoms with Crippen LogP contribution in [0.4, 0.5) is 0 Å². The molecule has 0 rings (SSSR count). The smallest absolute Gasteiger partial charge is 0.320 e. The van der Waals surface area contributed by atoms with Crippen molar-refractivity contribution in [2.45, 2.75) is 84.0 Å². The zero-order valence-electron chi connectivity index (χ0n) is 16.8. The minimum atomic E-state index is -1.18. The van der Waals surface area contributed by atoms with Crippen molar-refractivity contribution < 1.29 is 29.3 Å². The largest absolute Gasteiger partial charge is 0.480 e. The zero-order valence-corrected chi connectivity index (χ0v) is 16.8. The van der Waals surface area contributed by atoms with E-state index in [1.165, 1.54) is 57.8 Å². The Hall–Kier alpha value is -1.63. The van der Waals surface area contributed by atoms with Gasteiger partial charge in [0.1, 0.15) is 0 Å². The molecular weight excluding hydrogens is 350 g/mol. The SMILES string of the molecule is CCCCCCCCCCCCCCOC(=O)CN(CC(=O)O)CC(=O)O. The maximum atomic E-state index is 11.7. The molecule has 158 valence electrons. The molecule has 0 atom stereocenters. The van der Waals surface area contributed by atoms with Gasteiger partial charge >= 0.3 is 17.9 Å². The minimum Gasteiger partial charge on any atom is -0.480 e. The van der Waals surface area contributed by atoms with Crippen molar-refractivity contribution in [3.05, 3.63) is 0 Å². The van der Waals surface area contributed by atoms with E-state index in [1.54, 1.807) is 0 Å². The van der Waals surface area contributed by atoms with Crippen LogP contribution < -0.4 is 0 Å². The van der Waals surface area contributed by atoms with E-state index in [9.17, 15) is 14.4 Å². The van der Waals surface area contributed by atoms with E-state index in [0.717, 1.165) is 24.2 Å². The predicted octanol–water partition coefficient (Wildman–Crippen LogP) is 3.70. The number of ether oxygens (including phenoxy) is 1. The second-order valence-corrected chi connectivity index (χ2v) is 7.04. The Labute approximate surface area is 163 Å². The van der Waals surface area contributed by atoms with E-state index in [1.807, 2.05) is 0 Å². The number of esters is 1. The van der Waals surface area contributed by atoms with Crippen LogP contribution in [0.3, 0.4) is 0 Å². The van der Waals surface area contributed by atoms with Gasteiger partial charge in [-0.2, -0.15) is 0 Å². The van der Waals surface area contributed by atoms with Crippen molar-refractivity contribution >= 4 is 17.9 Å². The van der Waals surface area contributed by atoms with Crippen LogP contribution in [0.2, 0.25) is 0 Å². The fourth-order valence-electron chi connectivity index (χ4n) is 2.91. The average Bonchev–Trinajstić information content (AvgIpc) is 2.57. The third-order valence-corrected chi connectivity index (χ3v) is 4.33.